The van der Waals surface area contributed by atoms with E-state index in [-0.39, 0.29) is 6.04 Å². The third kappa shape index (κ3) is 2.76. The topological polar surface area (TPSA) is 60.2 Å². The van der Waals surface area contributed by atoms with Gasteiger partial charge in [-0.2, -0.15) is 0 Å². The van der Waals surface area contributed by atoms with Crippen LogP contribution in [0.25, 0.3) is 10.9 Å². The summed E-state index contributed by atoms with van der Waals surface area (Å²) in [5.74, 6) is 6.31. The van der Waals surface area contributed by atoms with Crippen LogP contribution in [0.1, 0.15) is 24.4 Å². The highest BCUT2D eigenvalue weighted by atomic mass is 16.5. The minimum absolute atomic E-state index is 0.165. The molecule has 1 aromatic heterocycles. The van der Waals surface area contributed by atoms with E-state index in [0.29, 0.717) is 5.92 Å². The molecule has 0 aliphatic carbocycles. The number of pyridine rings is 1. The van der Waals surface area contributed by atoms with Crippen LogP contribution in [0.4, 0.5) is 0 Å². The van der Waals surface area contributed by atoms with Crippen molar-refractivity contribution in [3.05, 3.63) is 42.1 Å². The largest absolute Gasteiger partial charge is 0.381 e. The van der Waals surface area contributed by atoms with Crippen molar-refractivity contribution >= 4 is 10.9 Å². The van der Waals surface area contributed by atoms with Gasteiger partial charge in [0.05, 0.1) is 5.52 Å². The van der Waals surface area contributed by atoms with Gasteiger partial charge in [0, 0.05) is 30.8 Å². The molecule has 2 unspecified atom stereocenters. The van der Waals surface area contributed by atoms with Gasteiger partial charge in [-0.15, -0.1) is 0 Å². The van der Waals surface area contributed by atoms with Crippen molar-refractivity contribution in [2.75, 3.05) is 13.2 Å². The summed E-state index contributed by atoms with van der Waals surface area (Å²) in [7, 11) is 0. The summed E-state index contributed by atoms with van der Waals surface area (Å²) in [6.07, 6.45) is 3.96. The van der Waals surface area contributed by atoms with Crippen molar-refractivity contribution in [1.82, 2.24) is 10.4 Å². The SMILES string of the molecule is NNC(CC1CCOC1)c1ccc2cccnc2c1. The van der Waals surface area contributed by atoms with E-state index >= 15 is 0 Å². The van der Waals surface area contributed by atoms with Gasteiger partial charge in [0.1, 0.15) is 0 Å². The first kappa shape index (κ1) is 12.5. The maximum Gasteiger partial charge on any atom is 0.0705 e. The molecule has 3 rings (SSSR count). The van der Waals surface area contributed by atoms with Gasteiger partial charge in [0.25, 0.3) is 0 Å². The molecule has 0 saturated carbocycles. The van der Waals surface area contributed by atoms with Crippen molar-refractivity contribution in [2.24, 2.45) is 11.8 Å². The Morgan fingerprint density at radius 2 is 2.37 bits per heavy atom. The van der Waals surface area contributed by atoms with E-state index in [9.17, 15) is 0 Å². The first-order chi connectivity index (χ1) is 9.36. The average molecular weight is 257 g/mol. The van der Waals surface area contributed by atoms with Crippen LogP contribution in [0.5, 0.6) is 0 Å². The molecule has 2 heterocycles. The highest BCUT2D eigenvalue weighted by Gasteiger charge is 2.21. The number of hydrogen-bond donors (Lipinski definition) is 2. The second kappa shape index (κ2) is 5.65. The summed E-state index contributed by atoms with van der Waals surface area (Å²) in [4.78, 5) is 4.40. The lowest BCUT2D eigenvalue weighted by molar-refractivity contribution is 0.181. The molecule has 2 atom stereocenters. The van der Waals surface area contributed by atoms with Crippen LogP contribution < -0.4 is 11.3 Å². The van der Waals surface area contributed by atoms with Crippen molar-refractivity contribution < 1.29 is 4.74 Å². The Labute approximate surface area is 112 Å². The molecule has 4 heteroatoms. The lowest BCUT2D eigenvalue weighted by Gasteiger charge is -2.19. The monoisotopic (exact) mass is 257 g/mol. The van der Waals surface area contributed by atoms with E-state index in [1.54, 1.807) is 0 Å². The maximum absolute atomic E-state index is 5.72. The Morgan fingerprint density at radius 1 is 1.42 bits per heavy atom. The summed E-state index contributed by atoms with van der Waals surface area (Å²) in [6, 6.07) is 10.5. The fraction of sp³-hybridized carbons (Fsp3) is 0.400. The number of benzene rings is 1. The Balaban J connectivity index is 1.83. The fourth-order valence-electron chi connectivity index (χ4n) is 2.70. The molecule has 4 nitrogen and oxygen atoms in total. The summed E-state index contributed by atoms with van der Waals surface area (Å²) in [5, 5.41) is 1.16. The molecule has 3 N–H and O–H groups in total. The molecule has 100 valence electrons. The summed E-state index contributed by atoms with van der Waals surface area (Å²) >= 11 is 0. The zero-order valence-corrected chi connectivity index (χ0v) is 10.9. The van der Waals surface area contributed by atoms with Gasteiger partial charge < -0.3 is 4.74 Å². The van der Waals surface area contributed by atoms with Gasteiger partial charge in [0.15, 0.2) is 0 Å². The molecule has 2 aromatic rings. The number of hydrogen-bond acceptors (Lipinski definition) is 4. The third-order valence-corrected chi connectivity index (χ3v) is 3.83. The van der Waals surface area contributed by atoms with E-state index in [1.165, 1.54) is 5.56 Å². The summed E-state index contributed by atoms with van der Waals surface area (Å²) in [5.41, 5.74) is 5.14. The normalized spacial score (nSPS) is 20.8. The van der Waals surface area contributed by atoms with E-state index < -0.39 is 0 Å². The van der Waals surface area contributed by atoms with Gasteiger partial charge in [-0.25, -0.2) is 0 Å². The van der Waals surface area contributed by atoms with Gasteiger partial charge in [-0.3, -0.25) is 16.3 Å². The average Bonchev–Trinajstić information content (AvgIpc) is 2.97. The molecule has 19 heavy (non-hydrogen) atoms. The van der Waals surface area contributed by atoms with E-state index in [1.807, 2.05) is 12.3 Å². The molecular formula is C15H19N3O. The number of rotatable bonds is 4. The van der Waals surface area contributed by atoms with Crippen LogP contribution in [0.3, 0.4) is 0 Å². The van der Waals surface area contributed by atoms with Gasteiger partial charge in [-0.05, 0) is 36.5 Å². The molecular weight excluding hydrogens is 238 g/mol. The summed E-state index contributed by atoms with van der Waals surface area (Å²) < 4.78 is 5.43. The van der Waals surface area contributed by atoms with Crippen LogP contribution in [-0.4, -0.2) is 18.2 Å². The van der Waals surface area contributed by atoms with E-state index in [0.717, 1.165) is 37.0 Å². The highest BCUT2D eigenvalue weighted by molar-refractivity contribution is 5.78. The number of nitrogens with two attached hydrogens (primary N) is 1. The molecule has 1 aliphatic rings. The number of nitrogens with one attached hydrogen (secondary N) is 1. The molecule has 0 bridgehead atoms. The zero-order chi connectivity index (χ0) is 13.1. The Bertz CT molecular complexity index is 552. The smallest absolute Gasteiger partial charge is 0.0705 e. The van der Waals surface area contributed by atoms with Crippen molar-refractivity contribution in [1.29, 1.82) is 0 Å². The molecule has 1 saturated heterocycles. The Morgan fingerprint density at radius 3 is 3.16 bits per heavy atom. The number of fused-ring (bicyclic) bond motifs is 1. The summed E-state index contributed by atoms with van der Waals surface area (Å²) in [6.45, 7) is 1.73. The minimum Gasteiger partial charge on any atom is -0.381 e. The van der Waals surface area contributed by atoms with Crippen LogP contribution in [0.15, 0.2) is 36.5 Å². The zero-order valence-electron chi connectivity index (χ0n) is 10.9. The van der Waals surface area contributed by atoms with Crippen LogP contribution in [0, 0.1) is 5.92 Å². The standard InChI is InChI=1S/C15H19N3O/c16-18-15(8-11-5-7-19-10-11)13-4-3-12-2-1-6-17-14(12)9-13/h1-4,6,9,11,15,18H,5,7-8,10,16H2. The fourth-order valence-corrected chi connectivity index (χ4v) is 2.70. The quantitative estimate of drug-likeness (QED) is 0.651. The van der Waals surface area contributed by atoms with Crippen molar-refractivity contribution in [2.45, 2.75) is 18.9 Å². The first-order valence-corrected chi connectivity index (χ1v) is 6.75. The van der Waals surface area contributed by atoms with E-state index in [2.05, 4.69) is 34.7 Å². The first-order valence-electron chi connectivity index (χ1n) is 6.75. The molecule has 1 aromatic carbocycles. The number of hydrazine groups is 1. The van der Waals surface area contributed by atoms with Gasteiger partial charge in [0.2, 0.25) is 0 Å². The lowest BCUT2D eigenvalue weighted by atomic mass is 9.94. The number of aromatic nitrogens is 1. The second-order valence-electron chi connectivity index (χ2n) is 5.14. The van der Waals surface area contributed by atoms with E-state index in [4.69, 9.17) is 10.6 Å². The lowest BCUT2D eigenvalue weighted by Crippen LogP contribution is -2.29. The minimum atomic E-state index is 0.165. The number of ether oxygens (including phenoxy) is 1. The van der Waals surface area contributed by atoms with Gasteiger partial charge >= 0.3 is 0 Å². The van der Waals surface area contributed by atoms with Crippen molar-refractivity contribution in [3.8, 4) is 0 Å². The molecule has 0 amide bonds. The predicted octanol–water partition coefficient (Wildman–Crippen LogP) is 2.17. The maximum atomic E-state index is 5.72. The molecule has 0 radical (unpaired) electrons. The third-order valence-electron chi connectivity index (χ3n) is 3.83. The van der Waals surface area contributed by atoms with Crippen LogP contribution in [0.2, 0.25) is 0 Å². The van der Waals surface area contributed by atoms with Crippen molar-refractivity contribution in [3.63, 3.8) is 0 Å². The molecule has 0 spiro atoms. The highest BCUT2D eigenvalue weighted by Crippen LogP contribution is 2.27. The van der Waals surface area contributed by atoms with Gasteiger partial charge in [-0.1, -0.05) is 18.2 Å². The Kier molecular flexibility index (Phi) is 3.73. The molecule has 1 fully saturated rings. The van der Waals surface area contributed by atoms with Crippen LogP contribution in [-0.2, 0) is 4.74 Å². The Hall–Kier alpha value is -1.49. The number of nitrogens with zero attached hydrogens (tertiary/aromatic N) is 1. The second-order valence-corrected chi connectivity index (χ2v) is 5.14. The predicted molar refractivity (Wildman–Crippen MR) is 75.4 cm³/mol. The molecule has 1 aliphatic heterocycles. The van der Waals surface area contributed by atoms with Crippen LogP contribution >= 0.6 is 0 Å².